The third-order valence-corrected chi connectivity index (χ3v) is 4.78. The Hall–Kier alpha value is -1.40. The van der Waals surface area contributed by atoms with Crippen molar-refractivity contribution in [3.05, 3.63) is 32.6 Å². The highest BCUT2D eigenvalue weighted by Gasteiger charge is 2.35. The van der Waals surface area contributed by atoms with Crippen LogP contribution in [0.3, 0.4) is 0 Å². The van der Waals surface area contributed by atoms with E-state index in [0.717, 1.165) is 29.9 Å². The quantitative estimate of drug-likeness (QED) is 0.775. The van der Waals surface area contributed by atoms with Gasteiger partial charge in [0.1, 0.15) is 0 Å². The van der Waals surface area contributed by atoms with Crippen LogP contribution in [-0.4, -0.2) is 39.7 Å². The zero-order chi connectivity index (χ0) is 14.3. The Morgan fingerprint density at radius 2 is 2.05 bits per heavy atom. The number of aromatic nitrogens is 2. The normalized spacial score (nSPS) is 26.7. The van der Waals surface area contributed by atoms with Gasteiger partial charge in [0, 0.05) is 45.0 Å². The van der Waals surface area contributed by atoms with E-state index in [9.17, 15) is 9.59 Å². The topological polar surface area (TPSA) is 59.3 Å². The minimum absolute atomic E-state index is 0.221. The molecule has 2 atom stereocenters. The van der Waals surface area contributed by atoms with Crippen molar-refractivity contribution in [2.24, 2.45) is 20.0 Å². The van der Waals surface area contributed by atoms with Crippen LogP contribution in [0.1, 0.15) is 18.5 Å². The second kappa shape index (κ2) is 5.18. The number of hydrogen-bond acceptors (Lipinski definition) is 4. The van der Waals surface area contributed by atoms with Gasteiger partial charge >= 0.3 is 5.69 Å². The Kier molecular flexibility index (Phi) is 3.52. The van der Waals surface area contributed by atoms with E-state index in [-0.39, 0.29) is 11.2 Å². The lowest BCUT2D eigenvalue weighted by Gasteiger charge is -2.37. The van der Waals surface area contributed by atoms with E-state index in [2.05, 4.69) is 10.2 Å². The fraction of sp³-hybridized carbons (Fsp3) is 0.714. The minimum Gasteiger partial charge on any atom is -0.315 e. The molecule has 6 nitrogen and oxygen atoms in total. The molecule has 0 aliphatic carbocycles. The highest BCUT2D eigenvalue weighted by Crippen LogP contribution is 2.27. The summed E-state index contributed by atoms with van der Waals surface area (Å²) in [6.07, 6.45) is 2.48. The molecule has 2 unspecified atom stereocenters. The fourth-order valence-electron chi connectivity index (χ4n) is 3.50. The van der Waals surface area contributed by atoms with Crippen LogP contribution < -0.4 is 16.6 Å². The predicted molar refractivity (Wildman–Crippen MR) is 76.7 cm³/mol. The average molecular weight is 278 g/mol. The first kappa shape index (κ1) is 13.6. The Morgan fingerprint density at radius 1 is 1.25 bits per heavy atom. The molecule has 1 aromatic heterocycles. The van der Waals surface area contributed by atoms with Gasteiger partial charge in [-0.2, -0.15) is 0 Å². The molecule has 0 bridgehead atoms. The van der Waals surface area contributed by atoms with Crippen LogP contribution in [0.5, 0.6) is 0 Å². The molecule has 3 heterocycles. The van der Waals surface area contributed by atoms with Crippen molar-refractivity contribution >= 4 is 0 Å². The molecule has 0 spiro atoms. The average Bonchev–Trinajstić information content (AvgIpc) is 2.92. The van der Waals surface area contributed by atoms with Gasteiger partial charge in [0.25, 0.3) is 5.56 Å². The van der Waals surface area contributed by atoms with Crippen LogP contribution in [0, 0.1) is 5.92 Å². The lowest BCUT2D eigenvalue weighted by atomic mass is 9.92. The Morgan fingerprint density at radius 3 is 2.85 bits per heavy atom. The van der Waals surface area contributed by atoms with Crippen molar-refractivity contribution in [2.45, 2.75) is 25.4 Å². The summed E-state index contributed by atoms with van der Waals surface area (Å²) in [5, 5.41) is 3.45. The molecule has 1 N–H and O–H groups in total. The van der Waals surface area contributed by atoms with Crippen molar-refractivity contribution in [1.29, 1.82) is 0 Å². The molecule has 3 rings (SSSR count). The summed E-state index contributed by atoms with van der Waals surface area (Å²) in [5.74, 6) is 0.715. The maximum Gasteiger partial charge on any atom is 0.330 e. The van der Waals surface area contributed by atoms with Crippen molar-refractivity contribution in [1.82, 2.24) is 19.4 Å². The van der Waals surface area contributed by atoms with Gasteiger partial charge in [0.15, 0.2) is 0 Å². The molecule has 20 heavy (non-hydrogen) atoms. The lowest BCUT2D eigenvalue weighted by Crippen LogP contribution is -2.46. The second-order valence-corrected chi connectivity index (χ2v) is 5.97. The number of rotatable bonds is 2. The number of piperidine rings is 1. The van der Waals surface area contributed by atoms with Crippen LogP contribution in [0.15, 0.2) is 15.7 Å². The largest absolute Gasteiger partial charge is 0.330 e. The molecular weight excluding hydrogens is 256 g/mol. The highest BCUT2D eigenvalue weighted by atomic mass is 16.2. The van der Waals surface area contributed by atoms with Gasteiger partial charge in [-0.1, -0.05) is 0 Å². The van der Waals surface area contributed by atoms with Gasteiger partial charge in [-0.25, -0.2) is 4.79 Å². The third-order valence-electron chi connectivity index (χ3n) is 4.78. The molecule has 0 radical (unpaired) electrons. The lowest BCUT2D eigenvalue weighted by molar-refractivity contribution is 0.114. The van der Waals surface area contributed by atoms with Crippen LogP contribution >= 0.6 is 0 Å². The smallest absolute Gasteiger partial charge is 0.315 e. The van der Waals surface area contributed by atoms with E-state index in [1.807, 2.05) is 0 Å². The molecule has 0 saturated carbocycles. The van der Waals surface area contributed by atoms with Crippen molar-refractivity contribution in [3.8, 4) is 0 Å². The Balaban J connectivity index is 1.88. The SMILES string of the molecule is Cn1c(CN2CCCC3CNCC32)cc(=O)n(C)c1=O. The number of likely N-dealkylation sites (tertiary alicyclic amines) is 1. The predicted octanol–water partition coefficient (Wildman–Crippen LogP) is -0.732. The minimum atomic E-state index is -0.245. The summed E-state index contributed by atoms with van der Waals surface area (Å²) in [4.78, 5) is 26.2. The Bertz CT molecular complexity index is 619. The van der Waals surface area contributed by atoms with Gasteiger partial charge in [-0.3, -0.25) is 18.8 Å². The molecule has 2 aliphatic rings. The van der Waals surface area contributed by atoms with Crippen LogP contribution in [-0.2, 0) is 20.6 Å². The summed E-state index contributed by atoms with van der Waals surface area (Å²) in [6, 6.07) is 2.14. The van der Waals surface area contributed by atoms with Gasteiger partial charge in [0.2, 0.25) is 0 Å². The highest BCUT2D eigenvalue weighted by molar-refractivity contribution is 5.04. The molecule has 1 aromatic rings. The molecule has 0 aromatic carbocycles. The summed E-state index contributed by atoms with van der Waals surface area (Å²) in [7, 11) is 3.26. The van der Waals surface area contributed by atoms with Gasteiger partial charge < -0.3 is 5.32 Å². The number of hydrogen-bond donors (Lipinski definition) is 1. The van der Waals surface area contributed by atoms with Gasteiger partial charge in [-0.05, 0) is 31.8 Å². The van der Waals surface area contributed by atoms with E-state index >= 15 is 0 Å². The molecular formula is C14H22N4O2. The first-order valence-electron chi connectivity index (χ1n) is 7.28. The summed E-state index contributed by atoms with van der Waals surface area (Å²) in [6.45, 7) is 3.84. The number of fused-ring (bicyclic) bond motifs is 1. The molecule has 110 valence electrons. The molecule has 2 fully saturated rings. The monoisotopic (exact) mass is 278 g/mol. The van der Waals surface area contributed by atoms with Gasteiger partial charge in [-0.15, -0.1) is 0 Å². The number of nitrogens with one attached hydrogen (secondary N) is 1. The fourth-order valence-corrected chi connectivity index (χ4v) is 3.50. The van der Waals surface area contributed by atoms with E-state index < -0.39 is 0 Å². The summed E-state index contributed by atoms with van der Waals surface area (Å²) < 4.78 is 2.74. The Labute approximate surface area is 118 Å². The van der Waals surface area contributed by atoms with Crippen LogP contribution in [0.4, 0.5) is 0 Å². The maximum absolute atomic E-state index is 12.0. The maximum atomic E-state index is 12.0. The van der Waals surface area contributed by atoms with E-state index in [1.54, 1.807) is 17.7 Å². The second-order valence-electron chi connectivity index (χ2n) is 5.97. The van der Waals surface area contributed by atoms with Gasteiger partial charge in [0.05, 0.1) is 0 Å². The molecule has 0 amide bonds. The molecule has 2 saturated heterocycles. The first-order chi connectivity index (χ1) is 9.58. The zero-order valence-corrected chi connectivity index (χ0v) is 12.1. The zero-order valence-electron chi connectivity index (χ0n) is 12.1. The number of nitrogens with zero attached hydrogens (tertiary/aromatic N) is 3. The summed E-state index contributed by atoms with van der Waals surface area (Å²) in [5.41, 5.74) is 0.345. The van der Waals surface area contributed by atoms with E-state index in [4.69, 9.17) is 0 Å². The van der Waals surface area contributed by atoms with E-state index in [0.29, 0.717) is 18.5 Å². The van der Waals surface area contributed by atoms with Crippen molar-refractivity contribution in [2.75, 3.05) is 19.6 Å². The molecule has 6 heteroatoms. The van der Waals surface area contributed by atoms with E-state index in [1.165, 1.54) is 19.9 Å². The third kappa shape index (κ3) is 2.23. The molecule has 2 aliphatic heterocycles. The standard InChI is InChI=1S/C14H22N4O2/c1-16-11(6-13(19)17(2)14(16)20)9-18-5-3-4-10-7-15-8-12(10)18/h6,10,12,15H,3-5,7-9H2,1-2H3. The first-order valence-corrected chi connectivity index (χ1v) is 7.28. The van der Waals surface area contributed by atoms with Crippen LogP contribution in [0.2, 0.25) is 0 Å². The van der Waals surface area contributed by atoms with Crippen molar-refractivity contribution in [3.63, 3.8) is 0 Å². The summed E-state index contributed by atoms with van der Waals surface area (Å²) >= 11 is 0. The van der Waals surface area contributed by atoms with Crippen molar-refractivity contribution < 1.29 is 0 Å². The van der Waals surface area contributed by atoms with Crippen LogP contribution in [0.25, 0.3) is 0 Å².